The summed E-state index contributed by atoms with van der Waals surface area (Å²) in [5.74, 6) is -2.06. The van der Waals surface area contributed by atoms with Crippen LogP contribution in [0.15, 0.2) is 36.7 Å². The zero-order valence-corrected chi connectivity index (χ0v) is 26.8. The molecular weight excluding hydrogens is 621 g/mol. The van der Waals surface area contributed by atoms with E-state index in [1.807, 2.05) is 49.3 Å². The Kier molecular flexibility index (Phi) is 10.5. The van der Waals surface area contributed by atoms with Crippen molar-refractivity contribution in [1.29, 1.82) is 0 Å². The van der Waals surface area contributed by atoms with E-state index in [4.69, 9.17) is 19.4 Å². The van der Waals surface area contributed by atoms with Crippen LogP contribution in [0.25, 0.3) is 11.2 Å². The van der Waals surface area contributed by atoms with Crippen LogP contribution >= 0.6 is 0 Å². The van der Waals surface area contributed by atoms with Gasteiger partial charge in [0.05, 0.1) is 31.1 Å². The van der Waals surface area contributed by atoms with Crippen molar-refractivity contribution in [1.82, 2.24) is 29.7 Å². The zero-order valence-electron chi connectivity index (χ0n) is 26.8. The number of methoxy groups -OCH3 is 1. The van der Waals surface area contributed by atoms with Gasteiger partial charge in [-0.25, -0.2) is 9.78 Å². The highest BCUT2D eigenvalue weighted by molar-refractivity contribution is 5.85. The highest BCUT2D eigenvalue weighted by Gasteiger charge is 2.51. The van der Waals surface area contributed by atoms with Crippen LogP contribution in [0.3, 0.4) is 0 Å². The Morgan fingerprint density at radius 2 is 1.94 bits per heavy atom. The zero-order chi connectivity index (χ0) is 33.9. The molecule has 47 heavy (non-hydrogen) atoms. The van der Waals surface area contributed by atoms with E-state index in [0.29, 0.717) is 43.4 Å². The van der Waals surface area contributed by atoms with Crippen LogP contribution in [-0.4, -0.2) is 119 Å². The highest BCUT2D eigenvalue weighted by Crippen LogP contribution is 2.38. The predicted octanol–water partition coefficient (Wildman–Crippen LogP) is 2.31. The van der Waals surface area contributed by atoms with E-state index in [0.717, 1.165) is 12.0 Å². The monoisotopic (exact) mass is 662 g/mol. The summed E-state index contributed by atoms with van der Waals surface area (Å²) in [5, 5.41) is 17.2. The second kappa shape index (κ2) is 14.4. The number of fused-ring (bicyclic) bond motifs is 1. The molecule has 3 heterocycles. The number of benzene rings is 1. The van der Waals surface area contributed by atoms with Gasteiger partial charge in [0.15, 0.2) is 23.1 Å². The van der Waals surface area contributed by atoms with Crippen LogP contribution in [0.2, 0.25) is 0 Å². The molecule has 0 spiro atoms. The van der Waals surface area contributed by atoms with Gasteiger partial charge >= 0.3 is 12.1 Å². The first-order valence-electron chi connectivity index (χ1n) is 15.6. The maximum atomic E-state index is 13.3. The average Bonchev–Trinajstić information content (AvgIpc) is 3.76. The van der Waals surface area contributed by atoms with Crippen molar-refractivity contribution in [3.05, 3.63) is 42.2 Å². The van der Waals surface area contributed by atoms with Crippen molar-refractivity contribution in [3.63, 3.8) is 0 Å². The number of nitrogens with zero attached hydrogens (tertiary/aromatic N) is 6. The van der Waals surface area contributed by atoms with Crippen LogP contribution < -0.4 is 15.5 Å². The molecule has 1 aliphatic carbocycles. The smallest absolute Gasteiger partial charge is 0.451 e. The maximum absolute atomic E-state index is 13.3. The Labute approximate surface area is 270 Å². The first-order valence-corrected chi connectivity index (χ1v) is 15.6. The normalized spacial score (nSPS) is 23.8. The number of carbonyl (C=O) groups is 2. The van der Waals surface area contributed by atoms with Gasteiger partial charge in [-0.2, -0.15) is 23.1 Å². The largest absolute Gasteiger partial charge is 0.490 e. The van der Waals surface area contributed by atoms with Crippen molar-refractivity contribution < 1.29 is 37.3 Å². The first kappa shape index (κ1) is 34.3. The first-order chi connectivity index (χ1) is 22.4. The van der Waals surface area contributed by atoms with Crippen molar-refractivity contribution in [3.8, 4) is 0 Å². The number of nitrogens with one attached hydrogen (secondary N) is 2. The summed E-state index contributed by atoms with van der Waals surface area (Å²) in [7, 11) is 5.60. The summed E-state index contributed by atoms with van der Waals surface area (Å²) in [6.07, 6.45) is -5.63. The summed E-state index contributed by atoms with van der Waals surface area (Å²) in [6.45, 7) is 3.27. The molecule has 1 saturated carbocycles. The van der Waals surface area contributed by atoms with E-state index in [-0.39, 0.29) is 30.6 Å². The molecule has 0 unspecified atom stereocenters. The number of imidazole rings is 1. The van der Waals surface area contributed by atoms with Gasteiger partial charge in [0.2, 0.25) is 11.9 Å². The molecule has 256 valence electrons. The molecule has 0 radical (unpaired) electrons. The molecule has 5 rings (SSSR count). The summed E-state index contributed by atoms with van der Waals surface area (Å²) >= 11 is 0. The number of esters is 1. The minimum atomic E-state index is -5.29. The number of aromatic nitrogens is 4. The third-order valence-electron chi connectivity index (χ3n) is 8.74. The molecule has 3 aromatic rings. The molecule has 2 aromatic heterocycles. The number of ether oxygens (including phenoxy) is 2. The van der Waals surface area contributed by atoms with Gasteiger partial charge in [-0.3, -0.25) is 4.79 Å². The van der Waals surface area contributed by atoms with Gasteiger partial charge < -0.3 is 39.6 Å². The lowest BCUT2D eigenvalue weighted by molar-refractivity contribution is -0.209. The number of rotatable bonds is 12. The molecule has 2 fully saturated rings. The van der Waals surface area contributed by atoms with Crippen LogP contribution in [0.1, 0.15) is 37.8 Å². The van der Waals surface area contributed by atoms with E-state index >= 15 is 0 Å². The number of likely N-dealkylation sites (N-methyl/N-ethyl adjacent to an activating group) is 1. The number of aliphatic hydroxyl groups is 1. The van der Waals surface area contributed by atoms with E-state index in [2.05, 4.69) is 20.5 Å². The third-order valence-corrected chi connectivity index (χ3v) is 8.74. The quantitative estimate of drug-likeness (QED) is 0.246. The van der Waals surface area contributed by atoms with Gasteiger partial charge in [-0.1, -0.05) is 37.3 Å². The van der Waals surface area contributed by atoms with Gasteiger partial charge in [0.25, 0.3) is 0 Å². The number of halogens is 3. The number of carbonyl (C=O) groups excluding carboxylic acids is 2. The van der Waals surface area contributed by atoms with Crippen molar-refractivity contribution in [2.24, 2.45) is 0 Å². The lowest BCUT2D eigenvalue weighted by Crippen LogP contribution is -2.45. The summed E-state index contributed by atoms with van der Waals surface area (Å²) in [6, 6.07) is 7.86. The minimum Gasteiger partial charge on any atom is -0.451 e. The Morgan fingerprint density at radius 3 is 2.57 bits per heavy atom. The summed E-state index contributed by atoms with van der Waals surface area (Å²) in [4.78, 5) is 42.7. The van der Waals surface area contributed by atoms with Gasteiger partial charge in [0, 0.05) is 32.7 Å². The third kappa shape index (κ3) is 7.76. The van der Waals surface area contributed by atoms with Gasteiger partial charge in [0.1, 0.15) is 6.10 Å². The second-order valence-corrected chi connectivity index (χ2v) is 12.2. The van der Waals surface area contributed by atoms with Crippen molar-refractivity contribution in [2.75, 3.05) is 51.1 Å². The summed E-state index contributed by atoms with van der Waals surface area (Å²) in [5.41, 5.74) is 1.68. The number of hydrogen-bond acceptors (Lipinski definition) is 11. The molecular formula is C31H41F3N8O5. The second-order valence-electron chi connectivity index (χ2n) is 12.2. The maximum Gasteiger partial charge on any atom is 0.490 e. The lowest BCUT2D eigenvalue weighted by Gasteiger charge is -2.25. The van der Waals surface area contributed by atoms with Crippen LogP contribution in [-0.2, 0) is 25.5 Å². The van der Waals surface area contributed by atoms with Crippen LogP contribution in [0, 0.1) is 0 Å². The van der Waals surface area contributed by atoms with Crippen LogP contribution in [0.4, 0.5) is 24.9 Å². The molecule has 1 aromatic carbocycles. The fourth-order valence-electron chi connectivity index (χ4n) is 6.23. The summed E-state index contributed by atoms with van der Waals surface area (Å²) < 4.78 is 51.9. The lowest BCUT2D eigenvalue weighted by atomic mass is 10.1. The molecule has 6 atom stereocenters. The van der Waals surface area contributed by atoms with Crippen molar-refractivity contribution in [2.45, 2.75) is 75.2 Å². The molecule has 0 bridgehead atoms. The fourth-order valence-corrected chi connectivity index (χ4v) is 6.23. The van der Waals surface area contributed by atoms with E-state index in [1.54, 1.807) is 14.0 Å². The molecule has 13 nitrogen and oxygen atoms in total. The minimum absolute atomic E-state index is 0.0387. The Bertz CT molecular complexity index is 1540. The Morgan fingerprint density at radius 1 is 1.19 bits per heavy atom. The standard InChI is InChI=1S/C31H41F3N8O5/c1-5-23(43)37-21-14-22(26(25(21)44)47-29(45)31(32,33)34)42-17-35-24-27(36-19(16-46-4)13-18-9-7-6-8-10-18)38-30(39-28(24)42)41-12-11-20(15-41)40(2)3/h6-10,17,19-22,25-26,44H,5,11-16H2,1-4H3,(H,37,43)(H,36,38,39)/t19-,20+,21-,22+,25+,26-/m0/s1. The van der Waals surface area contributed by atoms with Gasteiger partial charge in [-0.05, 0) is 38.9 Å². The number of aliphatic hydroxyl groups excluding tert-OH is 1. The molecule has 1 saturated heterocycles. The van der Waals surface area contributed by atoms with Crippen molar-refractivity contribution >= 4 is 34.8 Å². The molecule has 2 aliphatic rings. The fraction of sp³-hybridized carbons (Fsp3) is 0.581. The molecule has 16 heteroatoms. The predicted molar refractivity (Wildman–Crippen MR) is 167 cm³/mol. The topological polar surface area (TPSA) is 147 Å². The highest BCUT2D eigenvalue weighted by atomic mass is 19.4. The van der Waals surface area contributed by atoms with Gasteiger partial charge in [-0.15, -0.1) is 0 Å². The molecule has 3 N–H and O–H groups in total. The van der Waals surface area contributed by atoms with E-state index in [1.165, 1.54) is 10.9 Å². The van der Waals surface area contributed by atoms with E-state index in [9.17, 15) is 27.9 Å². The average molecular weight is 663 g/mol. The number of anilines is 2. The number of amides is 1. The van der Waals surface area contributed by atoms with Crippen LogP contribution in [0.5, 0.6) is 0 Å². The number of alkyl halides is 3. The molecule has 1 aliphatic heterocycles. The number of hydrogen-bond donors (Lipinski definition) is 3. The molecule has 1 amide bonds. The Balaban J connectivity index is 1.57. The van der Waals surface area contributed by atoms with E-state index < -0.39 is 42.3 Å². The SMILES string of the molecule is CCC(=O)N[C@H]1C[C@@H](n2cnc3c(N[C@H](COC)Cc4ccccc4)nc(N4CC[C@@H](N(C)C)C4)nc32)[C@H](OC(=O)C(F)(F)F)[C@@H]1O. The Hall–Kier alpha value is -4.02.